The van der Waals surface area contributed by atoms with Gasteiger partial charge in [-0.15, -0.1) is 12.4 Å². The number of nitrogens with two attached hydrogens (primary N) is 1. The number of rotatable bonds is 8. The summed E-state index contributed by atoms with van der Waals surface area (Å²) in [5.74, 6) is -0.310. The molecule has 0 amide bonds. The predicted molar refractivity (Wildman–Crippen MR) is 132 cm³/mol. The molecule has 3 rings (SSSR count). The fourth-order valence-corrected chi connectivity index (χ4v) is 6.50. The van der Waals surface area contributed by atoms with Crippen LogP contribution in [0.1, 0.15) is 25.3 Å². The van der Waals surface area contributed by atoms with E-state index in [1.54, 1.807) is 0 Å². The molecule has 0 aromatic heterocycles. The number of hydrogen-bond acceptors (Lipinski definition) is 4. The SMILES string of the molecule is CCC(CCc1ccc(P(=O)(c2ccccc2)c2ccccc2)c(N)c1)C(=O)OC.Cl. The first-order valence-electron chi connectivity index (χ1n) is 10.2. The molecule has 31 heavy (non-hydrogen) atoms. The van der Waals surface area contributed by atoms with Gasteiger partial charge in [0.05, 0.1) is 13.0 Å². The van der Waals surface area contributed by atoms with Crippen molar-refractivity contribution in [2.24, 2.45) is 5.92 Å². The van der Waals surface area contributed by atoms with Crippen molar-refractivity contribution in [3.63, 3.8) is 0 Å². The van der Waals surface area contributed by atoms with Gasteiger partial charge < -0.3 is 15.0 Å². The van der Waals surface area contributed by atoms with Crippen molar-refractivity contribution in [2.75, 3.05) is 12.8 Å². The van der Waals surface area contributed by atoms with Crippen LogP contribution in [0.15, 0.2) is 78.9 Å². The van der Waals surface area contributed by atoms with Crippen molar-refractivity contribution in [2.45, 2.75) is 26.2 Å². The summed E-state index contributed by atoms with van der Waals surface area (Å²) in [6.45, 7) is 1.98. The topological polar surface area (TPSA) is 69.4 Å². The molecule has 0 fully saturated rings. The Bertz CT molecular complexity index is 998. The van der Waals surface area contributed by atoms with E-state index in [1.165, 1.54) is 7.11 Å². The van der Waals surface area contributed by atoms with E-state index in [4.69, 9.17) is 10.5 Å². The third-order valence-electron chi connectivity index (χ3n) is 5.48. The highest BCUT2D eigenvalue weighted by atomic mass is 35.5. The third-order valence-corrected chi connectivity index (χ3v) is 8.62. The molecule has 0 aliphatic carbocycles. The zero-order chi connectivity index (χ0) is 21.6. The van der Waals surface area contributed by atoms with Crippen LogP contribution in [0.2, 0.25) is 0 Å². The first-order valence-corrected chi connectivity index (χ1v) is 11.9. The van der Waals surface area contributed by atoms with Gasteiger partial charge in [-0.25, -0.2) is 0 Å². The number of carbonyl (C=O) groups excluding carboxylic acids is 1. The highest BCUT2D eigenvalue weighted by Gasteiger charge is 2.31. The number of esters is 1. The summed E-state index contributed by atoms with van der Waals surface area (Å²) in [7, 11) is -1.68. The minimum absolute atomic E-state index is 0. The lowest BCUT2D eigenvalue weighted by atomic mass is 9.97. The summed E-state index contributed by atoms with van der Waals surface area (Å²) in [5, 5.41) is 2.16. The van der Waals surface area contributed by atoms with Crippen LogP contribution in [0.25, 0.3) is 0 Å². The first kappa shape index (κ1) is 24.7. The summed E-state index contributed by atoms with van der Waals surface area (Å²) in [4.78, 5) is 11.8. The molecular weight excluding hydrogens is 429 g/mol. The number of benzene rings is 3. The summed E-state index contributed by atoms with van der Waals surface area (Å²) >= 11 is 0. The van der Waals surface area contributed by atoms with Crippen molar-refractivity contribution < 1.29 is 14.1 Å². The highest BCUT2D eigenvalue weighted by molar-refractivity contribution is 7.85. The second kappa shape index (κ2) is 11.2. The monoisotopic (exact) mass is 457 g/mol. The largest absolute Gasteiger partial charge is 0.469 e. The zero-order valence-corrected chi connectivity index (χ0v) is 19.6. The van der Waals surface area contributed by atoms with E-state index < -0.39 is 7.14 Å². The molecule has 4 nitrogen and oxygen atoms in total. The molecule has 0 bridgehead atoms. The fourth-order valence-electron chi connectivity index (χ4n) is 3.75. The van der Waals surface area contributed by atoms with Crippen LogP contribution in [0.5, 0.6) is 0 Å². The van der Waals surface area contributed by atoms with E-state index >= 15 is 0 Å². The van der Waals surface area contributed by atoms with Gasteiger partial charge in [0.25, 0.3) is 0 Å². The molecule has 0 aliphatic heterocycles. The summed E-state index contributed by atoms with van der Waals surface area (Å²) in [5.41, 5.74) is 7.97. The van der Waals surface area contributed by atoms with Crippen molar-refractivity contribution in [3.8, 4) is 0 Å². The van der Waals surface area contributed by atoms with Crippen LogP contribution in [-0.2, 0) is 20.5 Å². The summed E-state index contributed by atoms with van der Waals surface area (Å²) in [6, 6.07) is 24.7. The number of carbonyl (C=O) groups is 1. The van der Waals surface area contributed by atoms with Crippen LogP contribution in [0.4, 0.5) is 5.69 Å². The minimum Gasteiger partial charge on any atom is -0.469 e. The molecule has 0 radical (unpaired) electrons. The minimum atomic E-state index is -3.10. The van der Waals surface area contributed by atoms with Gasteiger partial charge in [-0.1, -0.05) is 73.7 Å². The smallest absolute Gasteiger partial charge is 0.308 e. The number of nitrogen functional groups attached to an aromatic ring is 1. The number of methoxy groups -OCH3 is 1. The molecular formula is C25H29ClNO3P. The van der Waals surface area contributed by atoms with Gasteiger partial charge in [-0.2, -0.15) is 0 Å². The van der Waals surface area contributed by atoms with Gasteiger partial charge in [0.2, 0.25) is 0 Å². The lowest BCUT2D eigenvalue weighted by Gasteiger charge is -2.22. The summed E-state index contributed by atoms with van der Waals surface area (Å²) < 4.78 is 19.3. The Morgan fingerprint density at radius 2 is 1.52 bits per heavy atom. The fraction of sp³-hybridized carbons (Fsp3) is 0.240. The van der Waals surface area contributed by atoms with Crippen LogP contribution in [0.3, 0.4) is 0 Å². The molecule has 1 atom stereocenters. The van der Waals surface area contributed by atoms with Crippen LogP contribution >= 0.6 is 19.5 Å². The van der Waals surface area contributed by atoms with Crippen molar-refractivity contribution in [1.29, 1.82) is 0 Å². The van der Waals surface area contributed by atoms with Gasteiger partial charge in [0.15, 0.2) is 7.14 Å². The highest BCUT2D eigenvalue weighted by Crippen LogP contribution is 2.44. The maximum atomic E-state index is 14.4. The van der Waals surface area contributed by atoms with E-state index in [9.17, 15) is 9.36 Å². The van der Waals surface area contributed by atoms with E-state index in [-0.39, 0.29) is 24.3 Å². The lowest BCUT2D eigenvalue weighted by Crippen LogP contribution is -2.27. The Hall–Kier alpha value is -2.55. The molecule has 6 heteroatoms. The molecule has 2 N–H and O–H groups in total. The van der Waals surface area contributed by atoms with Gasteiger partial charge in [-0.05, 0) is 37.0 Å². The molecule has 1 unspecified atom stereocenters. The Kier molecular flexibility index (Phi) is 8.91. The molecule has 3 aromatic carbocycles. The van der Waals surface area contributed by atoms with Crippen molar-refractivity contribution in [1.82, 2.24) is 0 Å². The molecule has 164 valence electrons. The number of ether oxygens (including phenoxy) is 1. The molecule has 0 saturated carbocycles. The lowest BCUT2D eigenvalue weighted by molar-refractivity contribution is -0.145. The average molecular weight is 458 g/mol. The maximum Gasteiger partial charge on any atom is 0.308 e. The Labute approximate surface area is 190 Å². The Balaban J connectivity index is 0.00000341. The average Bonchev–Trinajstić information content (AvgIpc) is 2.80. The number of anilines is 1. The second-order valence-corrected chi connectivity index (χ2v) is 10.1. The van der Waals surface area contributed by atoms with E-state index in [0.717, 1.165) is 22.6 Å². The normalized spacial score (nSPS) is 11.9. The van der Waals surface area contributed by atoms with E-state index in [1.807, 2.05) is 85.8 Å². The molecule has 0 spiro atoms. The van der Waals surface area contributed by atoms with E-state index in [2.05, 4.69) is 0 Å². The van der Waals surface area contributed by atoms with Gasteiger partial charge in [-0.3, -0.25) is 4.79 Å². The Morgan fingerprint density at radius 1 is 0.968 bits per heavy atom. The third kappa shape index (κ3) is 5.39. The first-order chi connectivity index (χ1) is 14.5. The zero-order valence-electron chi connectivity index (χ0n) is 17.9. The molecule has 0 heterocycles. The second-order valence-electron chi connectivity index (χ2n) is 7.34. The summed E-state index contributed by atoms with van der Waals surface area (Å²) in [6.07, 6.45) is 2.13. The van der Waals surface area contributed by atoms with Crippen LogP contribution < -0.4 is 21.6 Å². The van der Waals surface area contributed by atoms with E-state index in [0.29, 0.717) is 23.8 Å². The standard InChI is InChI=1S/C25H28NO3P.ClH/c1-3-20(25(27)29-2)16-14-19-15-17-24(23(26)18-19)30(28,21-10-6-4-7-11-21)22-12-8-5-9-13-22;/h4-13,15,17-18,20H,3,14,16,26H2,1-2H3;1H. The van der Waals surface area contributed by atoms with Gasteiger partial charge in [0.1, 0.15) is 0 Å². The van der Waals surface area contributed by atoms with Crippen LogP contribution in [-0.4, -0.2) is 13.1 Å². The quantitative estimate of drug-likeness (QED) is 0.308. The van der Waals surface area contributed by atoms with Gasteiger partial charge in [0, 0.05) is 21.6 Å². The van der Waals surface area contributed by atoms with Gasteiger partial charge >= 0.3 is 5.97 Å². The van der Waals surface area contributed by atoms with Crippen molar-refractivity contribution in [3.05, 3.63) is 84.4 Å². The maximum absolute atomic E-state index is 14.4. The Morgan fingerprint density at radius 3 is 1.97 bits per heavy atom. The van der Waals surface area contributed by atoms with Crippen molar-refractivity contribution >= 4 is 47.1 Å². The molecule has 3 aromatic rings. The molecule has 0 aliphatic rings. The van der Waals surface area contributed by atoms with Crippen LogP contribution in [0, 0.1) is 5.92 Å². The number of hydrogen-bond donors (Lipinski definition) is 1. The predicted octanol–water partition coefficient (Wildman–Crippen LogP) is 4.46. The molecule has 0 saturated heterocycles. The number of aryl methyl sites for hydroxylation is 1. The number of halogens is 1.